The van der Waals surface area contributed by atoms with Gasteiger partial charge in [-0.05, 0) is 48.5 Å². The second-order valence-electron chi connectivity index (χ2n) is 5.48. The number of hydrogen-bond donors (Lipinski definition) is 1. The number of ether oxygens (including phenoxy) is 1. The van der Waals surface area contributed by atoms with Gasteiger partial charge >= 0.3 is 5.69 Å². The first-order valence-electron chi connectivity index (χ1n) is 7.98. The van der Waals surface area contributed by atoms with E-state index in [0.29, 0.717) is 11.1 Å². The van der Waals surface area contributed by atoms with E-state index in [0.717, 1.165) is 0 Å². The van der Waals surface area contributed by atoms with Gasteiger partial charge in [-0.1, -0.05) is 0 Å². The monoisotopic (exact) mass is 380 g/mol. The zero-order valence-electron chi connectivity index (χ0n) is 14.3. The van der Waals surface area contributed by atoms with Crippen molar-refractivity contribution in [2.45, 2.75) is 0 Å². The molecule has 28 heavy (non-hydrogen) atoms. The lowest BCUT2D eigenvalue weighted by atomic mass is 10.2. The molecule has 1 heterocycles. The number of aromatic nitrogens is 1. The highest BCUT2D eigenvalue weighted by atomic mass is 19.1. The quantitative estimate of drug-likeness (QED) is 0.399. The van der Waals surface area contributed by atoms with Gasteiger partial charge in [0.25, 0.3) is 5.91 Å². The standard InChI is InChI=1S/C19H13FN4O4/c20-15-4-6-16(7-5-15)28-18-8-3-13(10-17(18)24(26)27)11-22-23-19(25)14-2-1-9-21-12-14/h1-12H,(H,23,25)/b22-11-. The number of amides is 1. The smallest absolute Gasteiger partial charge is 0.312 e. The van der Waals surface area contributed by atoms with Crippen LogP contribution >= 0.6 is 0 Å². The maximum absolute atomic E-state index is 13.0. The van der Waals surface area contributed by atoms with Gasteiger partial charge < -0.3 is 4.74 Å². The lowest BCUT2D eigenvalue weighted by Gasteiger charge is -2.07. The minimum Gasteiger partial charge on any atom is -0.450 e. The summed E-state index contributed by atoms with van der Waals surface area (Å²) >= 11 is 0. The van der Waals surface area contributed by atoms with E-state index in [4.69, 9.17) is 4.74 Å². The van der Waals surface area contributed by atoms with Crippen LogP contribution in [0.4, 0.5) is 10.1 Å². The molecule has 1 amide bonds. The fraction of sp³-hybridized carbons (Fsp3) is 0. The average Bonchev–Trinajstić information content (AvgIpc) is 2.71. The van der Waals surface area contributed by atoms with Gasteiger partial charge in [-0.15, -0.1) is 0 Å². The van der Waals surface area contributed by atoms with Crippen molar-refractivity contribution < 1.29 is 18.8 Å². The van der Waals surface area contributed by atoms with Crippen LogP contribution in [-0.4, -0.2) is 22.0 Å². The predicted octanol–water partition coefficient (Wildman–Crippen LogP) is 3.69. The molecule has 0 fully saturated rings. The van der Waals surface area contributed by atoms with Gasteiger partial charge in [-0.25, -0.2) is 9.82 Å². The number of rotatable bonds is 6. The third-order valence-electron chi connectivity index (χ3n) is 3.52. The van der Waals surface area contributed by atoms with Crippen LogP contribution in [0.1, 0.15) is 15.9 Å². The van der Waals surface area contributed by atoms with Gasteiger partial charge in [0.05, 0.1) is 16.7 Å². The number of carbonyl (C=O) groups excluding carboxylic acids is 1. The molecule has 0 saturated heterocycles. The number of nitrogens with zero attached hydrogens (tertiary/aromatic N) is 3. The number of nitrogens with one attached hydrogen (secondary N) is 1. The van der Waals surface area contributed by atoms with Crippen molar-refractivity contribution in [2.24, 2.45) is 5.10 Å². The first-order valence-corrected chi connectivity index (χ1v) is 7.98. The van der Waals surface area contributed by atoms with E-state index in [1.54, 1.807) is 12.1 Å². The largest absolute Gasteiger partial charge is 0.450 e. The molecule has 0 atom stereocenters. The molecule has 0 spiro atoms. The number of halogens is 1. The van der Waals surface area contributed by atoms with Crippen LogP contribution in [0.5, 0.6) is 11.5 Å². The van der Waals surface area contributed by atoms with Gasteiger partial charge in [0.15, 0.2) is 0 Å². The number of benzene rings is 2. The molecule has 140 valence electrons. The molecule has 0 saturated carbocycles. The maximum atomic E-state index is 13.0. The third kappa shape index (κ3) is 4.73. The number of hydrazone groups is 1. The number of hydrogen-bond acceptors (Lipinski definition) is 6. The molecule has 8 nitrogen and oxygen atoms in total. The Bertz CT molecular complexity index is 1020. The van der Waals surface area contributed by atoms with E-state index in [9.17, 15) is 19.3 Å². The molecule has 0 radical (unpaired) electrons. The molecule has 0 aliphatic heterocycles. The fourth-order valence-electron chi connectivity index (χ4n) is 2.20. The second-order valence-corrected chi connectivity index (χ2v) is 5.48. The summed E-state index contributed by atoms with van der Waals surface area (Å²) in [4.78, 5) is 26.4. The molecular weight excluding hydrogens is 367 g/mol. The van der Waals surface area contributed by atoms with Crippen LogP contribution in [0.15, 0.2) is 72.1 Å². The van der Waals surface area contributed by atoms with Crippen LogP contribution in [0.3, 0.4) is 0 Å². The summed E-state index contributed by atoms with van der Waals surface area (Å²) in [6.07, 6.45) is 4.19. The Morgan fingerprint density at radius 3 is 2.68 bits per heavy atom. The predicted molar refractivity (Wildman–Crippen MR) is 98.9 cm³/mol. The Labute approximate surface area is 158 Å². The van der Waals surface area contributed by atoms with E-state index in [2.05, 4.69) is 15.5 Å². The Balaban J connectivity index is 1.74. The van der Waals surface area contributed by atoms with Crippen molar-refractivity contribution in [2.75, 3.05) is 0 Å². The molecule has 3 aromatic rings. The topological polar surface area (TPSA) is 107 Å². The van der Waals surface area contributed by atoms with Crippen molar-refractivity contribution in [1.82, 2.24) is 10.4 Å². The first kappa shape index (κ1) is 18.6. The minimum atomic E-state index is -0.607. The Morgan fingerprint density at radius 2 is 2.00 bits per heavy atom. The summed E-state index contributed by atoms with van der Waals surface area (Å²) in [5.41, 5.74) is 2.72. The molecule has 1 N–H and O–H groups in total. The highest BCUT2D eigenvalue weighted by Gasteiger charge is 2.16. The molecule has 1 aromatic heterocycles. The number of pyridine rings is 1. The van der Waals surface area contributed by atoms with Gasteiger partial charge in [0.1, 0.15) is 11.6 Å². The number of nitro groups is 1. The van der Waals surface area contributed by atoms with E-state index in [1.807, 2.05) is 0 Å². The fourth-order valence-corrected chi connectivity index (χ4v) is 2.20. The van der Waals surface area contributed by atoms with E-state index in [-0.39, 0.29) is 17.2 Å². The normalized spacial score (nSPS) is 10.6. The molecule has 9 heteroatoms. The molecule has 0 aliphatic carbocycles. The highest BCUT2D eigenvalue weighted by Crippen LogP contribution is 2.31. The van der Waals surface area contributed by atoms with Crippen LogP contribution in [0, 0.1) is 15.9 Å². The average molecular weight is 380 g/mol. The Morgan fingerprint density at radius 1 is 1.21 bits per heavy atom. The number of carbonyl (C=O) groups is 1. The van der Waals surface area contributed by atoms with Crippen LogP contribution in [0.25, 0.3) is 0 Å². The SMILES string of the molecule is O=C(N/N=C\c1ccc(Oc2ccc(F)cc2)c([N+](=O)[O-])c1)c1cccnc1. The van der Waals surface area contributed by atoms with E-state index in [1.165, 1.54) is 61.1 Å². The molecule has 0 unspecified atom stereocenters. The van der Waals surface area contributed by atoms with Crippen LogP contribution in [-0.2, 0) is 0 Å². The maximum Gasteiger partial charge on any atom is 0.312 e. The van der Waals surface area contributed by atoms with Gasteiger partial charge in [-0.2, -0.15) is 5.10 Å². The van der Waals surface area contributed by atoms with Gasteiger partial charge in [-0.3, -0.25) is 19.9 Å². The Hall–Kier alpha value is -4.14. The van der Waals surface area contributed by atoms with Crippen LogP contribution in [0.2, 0.25) is 0 Å². The summed E-state index contributed by atoms with van der Waals surface area (Å²) in [5.74, 6) is -0.653. The van der Waals surface area contributed by atoms with Gasteiger partial charge in [0, 0.05) is 24.0 Å². The van der Waals surface area contributed by atoms with Crippen molar-refractivity contribution in [3.05, 3.63) is 94.0 Å². The van der Waals surface area contributed by atoms with Crippen molar-refractivity contribution in [3.63, 3.8) is 0 Å². The summed E-state index contributed by atoms with van der Waals surface area (Å²) in [6, 6.07) is 12.5. The summed E-state index contributed by atoms with van der Waals surface area (Å²) in [7, 11) is 0. The lowest BCUT2D eigenvalue weighted by Crippen LogP contribution is -2.17. The third-order valence-corrected chi connectivity index (χ3v) is 3.52. The molecule has 0 bridgehead atoms. The number of nitro benzene ring substituents is 1. The lowest BCUT2D eigenvalue weighted by molar-refractivity contribution is -0.385. The second kappa shape index (κ2) is 8.49. The zero-order chi connectivity index (χ0) is 19.9. The van der Waals surface area contributed by atoms with Crippen LogP contribution < -0.4 is 10.2 Å². The summed E-state index contributed by atoms with van der Waals surface area (Å²) < 4.78 is 18.4. The van der Waals surface area contributed by atoms with Crippen molar-refractivity contribution >= 4 is 17.8 Å². The van der Waals surface area contributed by atoms with Crippen molar-refractivity contribution in [1.29, 1.82) is 0 Å². The molecule has 0 aliphatic rings. The minimum absolute atomic E-state index is 0.00634. The Kier molecular flexibility index (Phi) is 5.66. The molecular formula is C19H13FN4O4. The summed E-state index contributed by atoms with van der Waals surface area (Å²) in [6.45, 7) is 0. The first-order chi connectivity index (χ1) is 13.5. The molecule has 2 aromatic carbocycles. The zero-order valence-corrected chi connectivity index (χ0v) is 14.3. The molecule has 3 rings (SSSR count). The van der Waals surface area contributed by atoms with E-state index < -0.39 is 16.6 Å². The van der Waals surface area contributed by atoms with Crippen molar-refractivity contribution in [3.8, 4) is 11.5 Å². The van der Waals surface area contributed by atoms with E-state index >= 15 is 0 Å². The summed E-state index contributed by atoms with van der Waals surface area (Å²) in [5, 5.41) is 15.1. The van der Waals surface area contributed by atoms with Gasteiger partial charge in [0.2, 0.25) is 5.75 Å². The highest BCUT2D eigenvalue weighted by molar-refractivity contribution is 5.94.